The number of hydrogen-bond donors (Lipinski definition) is 0. The molecule has 4 rings (SSSR count). The Morgan fingerprint density at radius 3 is 2.41 bits per heavy atom. The largest absolute Gasteiger partial charge is 0.494 e. The maximum atomic E-state index is 15.2. The summed E-state index contributed by atoms with van der Waals surface area (Å²) in [5, 5.41) is 0. The third kappa shape index (κ3) is 5.24. The van der Waals surface area contributed by atoms with Gasteiger partial charge in [0.25, 0.3) is 0 Å². The molecule has 3 heteroatoms. The summed E-state index contributed by atoms with van der Waals surface area (Å²) < 4.78 is 36.2. The quantitative estimate of drug-likeness (QED) is 0.298. The SMILES string of the molecule is C=CCCCOc1ccc2c(c1)CCC(c1c(F)cc(C3CCC(CC)CC3)cc1F)C2. The van der Waals surface area contributed by atoms with Crippen LogP contribution in [0.4, 0.5) is 8.78 Å². The molecule has 0 spiro atoms. The van der Waals surface area contributed by atoms with Crippen molar-refractivity contribution < 1.29 is 13.5 Å². The third-order valence-corrected chi connectivity index (χ3v) is 7.63. The van der Waals surface area contributed by atoms with Gasteiger partial charge in [0.15, 0.2) is 0 Å². The Balaban J connectivity index is 1.44. The van der Waals surface area contributed by atoms with Crippen LogP contribution >= 0.6 is 0 Å². The summed E-state index contributed by atoms with van der Waals surface area (Å²) in [6, 6.07) is 9.41. The van der Waals surface area contributed by atoms with Crippen molar-refractivity contribution in [2.75, 3.05) is 6.61 Å². The third-order valence-electron chi connectivity index (χ3n) is 7.63. The fraction of sp³-hybridized carbons (Fsp3) is 0.517. The zero-order valence-electron chi connectivity index (χ0n) is 19.3. The van der Waals surface area contributed by atoms with E-state index in [4.69, 9.17) is 4.74 Å². The number of benzene rings is 2. The molecule has 1 atom stereocenters. The summed E-state index contributed by atoms with van der Waals surface area (Å²) >= 11 is 0. The van der Waals surface area contributed by atoms with Crippen LogP contribution in [0, 0.1) is 17.6 Å². The molecule has 0 heterocycles. The highest BCUT2D eigenvalue weighted by Crippen LogP contribution is 2.41. The number of allylic oxidation sites excluding steroid dienone is 1. The minimum absolute atomic E-state index is 0.105. The van der Waals surface area contributed by atoms with E-state index in [1.807, 2.05) is 12.1 Å². The summed E-state index contributed by atoms with van der Waals surface area (Å²) in [7, 11) is 0. The molecule has 0 bridgehead atoms. The minimum atomic E-state index is -0.353. The minimum Gasteiger partial charge on any atom is -0.494 e. The number of aryl methyl sites for hydroxylation is 1. The number of ether oxygens (including phenoxy) is 1. The van der Waals surface area contributed by atoms with E-state index in [1.165, 1.54) is 30.4 Å². The van der Waals surface area contributed by atoms with Gasteiger partial charge in [-0.3, -0.25) is 0 Å². The van der Waals surface area contributed by atoms with E-state index in [9.17, 15) is 0 Å². The summed E-state index contributed by atoms with van der Waals surface area (Å²) in [5.74, 6) is 1.15. The molecule has 2 aliphatic rings. The van der Waals surface area contributed by atoms with Gasteiger partial charge in [-0.1, -0.05) is 25.5 Å². The van der Waals surface area contributed by atoms with Gasteiger partial charge in [-0.15, -0.1) is 6.58 Å². The van der Waals surface area contributed by atoms with Crippen LogP contribution in [-0.4, -0.2) is 6.61 Å². The normalized spacial score (nSPS) is 22.9. The molecule has 0 aliphatic heterocycles. The molecular formula is C29H36F2O. The van der Waals surface area contributed by atoms with Gasteiger partial charge in [0, 0.05) is 5.56 Å². The first-order chi connectivity index (χ1) is 15.6. The first kappa shape index (κ1) is 23.0. The molecule has 172 valence electrons. The van der Waals surface area contributed by atoms with Crippen LogP contribution in [-0.2, 0) is 12.8 Å². The van der Waals surface area contributed by atoms with Gasteiger partial charge < -0.3 is 4.74 Å². The lowest BCUT2D eigenvalue weighted by atomic mass is 9.76. The standard InChI is InChI=1S/C29H36F2O/c1-3-5-6-15-32-26-14-13-22-16-24(12-11-23(22)17-26)29-27(30)18-25(19-28(29)31)21-9-7-20(4-2)8-10-21/h3,13-14,17-21,24H,1,4-12,15-16H2,2H3. The number of hydrogen-bond acceptors (Lipinski definition) is 1. The van der Waals surface area contributed by atoms with Crippen molar-refractivity contribution in [1.82, 2.24) is 0 Å². The van der Waals surface area contributed by atoms with Crippen LogP contribution in [0.2, 0.25) is 0 Å². The van der Waals surface area contributed by atoms with Gasteiger partial charge in [-0.05, 0) is 116 Å². The first-order valence-corrected chi connectivity index (χ1v) is 12.4. The lowest BCUT2D eigenvalue weighted by Gasteiger charge is -2.29. The molecule has 0 saturated heterocycles. The number of unbranched alkanes of at least 4 members (excludes halogenated alkanes) is 1. The summed E-state index contributed by atoms with van der Waals surface area (Å²) in [6.45, 7) is 6.65. The summed E-state index contributed by atoms with van der Waals surface area (Å²) in [4.78, 5) is 0. The van der Waals surface area contributed by atoms with Crippen molar-refractivity contribution in [3.8, 4) is 5.75 Å². The second-order valence-corrected chi connectivity index (χ2v) is 9.67. The Morgan fingerprint density at radius 2 is 1.72 bits per heavy atom. The van der Waals surface area contributed by atoms with Crippen LogP contribution < -0.4 is 4.74 Å². The second-order valence-electron chi connectivity index (χ2n) is 9.67. The zero-order chi connectivity index (χ0) is 22.5. The molecular weight excluding hydrogens is 402 g/mol. The smallest absolute Gasteiger partial charge is 0.129 e. The maximum absolute atomic E-state index is 15.2. The molecule has 1 saturated carbocycles. The predicted molar refractivity (Wildman–Crippen MR) is 127 cm³/mol. The van der Waals surface area contributed by atoms with Crippen LogP contribution in [0.25, 0.3) is 0 Å². The highest BCUT2D eigenvalue weighted by molar-refractivity contribution is 5.41. The molecule has 2 aliphatic carbocycles. The fourth-order valence-corrected chi connectivity index (χ4v) is 5.62. The van der Waals surface area contributed by atoms with Crippen molar-refractivity contribution in [2.24, 2.45) is 5.92 Å². The average molecular weight is 439 g/mol. The lowest BCUT2D eigenvalue weighted by Crippen LogP contribution is -2.17. The Morgan fingerprint density at radius 1 is 0.969 bits per heavy atom. The summed E-state index contributed by atoms with van der Waals surface area (Å²) in [5.41, 5.74) is 3.56. The molecule has 1 nitrogen and oxygen atoms in total. The van der Waals surface area contributed by atoms with Crippen molar-refractivity contribution in [3.05, 3.63) is 76.9 Å². The van der Waals surface area contributed by atoms with Crippen molar-refractivity contribution in [3.63, 3.8) is 0 Å². The topological polar surface area (TPSA) is 9.23 Å². The van der Waals surface area contributed by atoms with E-state index in [0.717, 1.165) is 55.8 Å². The van der Waals surface area contributed by atoms with E-state index in [-0.39, 0.29) is 23.1 Å². The highest BCUT2D eigenvalue weighted by Gasteiger charge is 2.28. The monoisotopic (exact) mass is 438 g/mol. The van der Waals surface area contributed by atoms with Crippen molar-refractivity contribution >= 4 is 0 Å². The molecule has 2 aromatic carbocycles. The lowest BCUT2D eigenvalue weighted by molar-refractivity contribution is 0.311. The molecule has 1 fully saturated rings. The molecule has 1 unspecified atom stereocenters. The molecule has 0 N–H and O–H groups in total. The van der Waals surface area contributed by atoms with E-state index < -0.39 is 0 Å². The van der Waals surface area contributed by atoms with E-state index in [1.54, 1.807) is 12.1 Å². The Kier molecular flexibility index (Phi) is 7.65. The van der Waals surface area contributed by atoms with Crippen molar-refractivity contribution in [2.45, 2.75) is 83.0 Å². The molecule has 0 amide bonds. The Labute approximate surface area is 191 Å². The van der Waals surface area contributed by atoms with Gasteiger partial charge in [0.2, 0.25) is 0 Å². The van der Waals surface area contributed by atoms with Crippen LogP contribution in [0.3, 0.4) is 0 Å². The van der Waals surface area contributed by atoms with Gasteiger partial charge in [-0.25, -0.2) is 8.78 Å². The predicted octanol–water partition coefficient (Wildman–Crippen LogP) is 8.27. The first-order valence-electron chi connectivity index (χ1n) is 12.4. The molecule has 0 aromatic heterocycles. The molecule has 2 aromatic rings. The van der Waals surface area contributed by atoms with Crippen LogP contribution in [0.5, 0.6) is 5.75 Å². The average Bonchev–Trinajstić information content (AvgIpc) is 2.81. The number of halogens is 2. The highest BCUT2D eigenvalue weighted by atomic mass is 19.1. The number of rotatable bonds is 8. The Hall–Kier alpha value is -2.16. The molecule has 32 heavy (non-hydrogen) atoms. The zero-order valence-corrected chi connectivity index (χ0v) is 19.3. The fourth-order valence-electron chi connectivity index (χ4n) is 5.62. The van der Waals surface area contributed by atoms with Gasteiger partial charge >= 0.3 is 0 Å². The Bertz CT molecular complexity index is 904. The summed E-state index contributed by atoms with van der Waals surface area (Å²) in [6.07, 6.45) is 11.7. The van der Waals surface area contributed by atoms with Gasteiger partial charge in [-0.2, -0.15) is 0 Å². The van der Waals surface area contributed by atoms with Gasteiger partial charge in [0.1, 0.15) is 17.4 Å². The van der Waals surface area contributed by atoms with Crippen LogP contribution in [0.1, 0.15) is 92.4 Å². The number of fused-ring (bicyclic) bond motifs is 1. The van der Waals surface area contributed by atoms with Crippen LogP contribution in [0.15, 0.2) is 43.0 Å². The van der Waals surface area contributed by atoms with E-state index in [2.05, 4.69) is 25.6 Å². The maximum Gasteiger partial charge on any atom is 0.129 e. The van der Waals surface area contributed by atoms with E-state index >= 15 is 8.78 Å². The van der Waals surface area contributed by atoms with Crippen molar-refractivity contribution in [1.29, 1.82) is 0 Å². The molecule has 0 radical (unpaired) electrons. The van der Waals surface area contributed by atoms with E-state index in [0.29, 0.717) is 18.9 Å². The van der Waals surface area contributed by atoms with Gasteiger partial charge in [0.05, 0.1) is 6.61 Å². The second kappa shape index (κ2) is 10.6.